The van der Waals surface area contributed by atoms with Crippen molar-refractivity contribution in [3.05, 3.63) is 34.6 Å². The number of morpholine rings is 1. The molecule has 1 aliphatic rings. The molecule has 0 amide bonds. The summed E-state index contributed by atoms with van der Waals surface area (Å²) < 4.78 is 19.1. The number of benzene rings is 1. The number of hydrogen-bond donors (Lipinski definition) is 0. The van der Waals surface area contributed by atoms with Crippen LogP contribution in [0.1, 0.15) is 5.56 Å². The Hall–Kier alpha value is -0.160. The zero-order valence-electron chi connectivity index (χ0n) is 9.33. The van der Waals surface area contributed by atoms with Gasteiger partial charge in [-0.1, -0.05) is 27.5 Å². The number of nitrogens with zero attached hydrogens (tertiary/aromatic N) is 1. The van der Waals surface area contributed by atoms with Crippen LogP contribution in [0, 0.1) is 5.82 Å². The van der Waals surface area contributed by atoms with Crippen molar-refractivity contribution in [1.29, 1.82) is 0 Å². The Bertz CT molecular complexity index is 391. The van der Waals surface area contributed by atoms with Gasteiger partial charge in [0.05, 0.1) is 12.7 Å². The van der Waals surface area contributed by atoms with E-state index in [1.165, 1.54) is 6.07 Å². The van der Waals surface area contributed by atoms with Gasteiger partial charge in [0, 0.05) is 35.6 Å². The lowest BCUT2D eigenvalue weighted by molar-refractivity contribution is -0.0184. The quantitative estimate of drug-likeness (QED) is 0.793. The van der Waals surface area contributed by atoms with E-state index >= 15 is 0 Å². The fourth-order valence-electron chi connectivity index (χ4n) is 1.92. The lowest BCUT2D eigenvalue weighted by atomic mass is 10.2. The predicted molar refractivity (Wildman–Crippen MR) is 70.2 cm³/mol. The Kier molecular flexibility index (Phi) is 4.79. The summed E-state index contributed by atoms with van der Waals surface area (Å²) in [5.41, 5.74) is 0.646. The van der Waals surface area contributed by atoms with Crippen LogP contribution in [0.4, 0.5) is 4.39 Å². The fraction of sp³-hybridized carbons (Fsp3) is 0.500. The van der Waals surface area contributed by atoms with Crippen LogP contribution in [0.15, 0.2) is 18.2 Å². The summed E-state index contributed by atoms with van der Waals surface area (Å²) in [7, 11) is 0. The molecular weight excluding hydrogens is 308 g/mol. The largest absolute Gasteiger partial charge is 0.375 e. The van der Waals surface area contributed by atoms with Gasteiger partial charge < -0.3 is 4.74 Å². The van der Waals surface area contributed by atoms with Crippen LogP contribution in [-0.2, 0) is 11.3 Å². The van der Waals surface area contributed by atoms with Crippen molar-refractivity contribution in [3.8, 4) is 0 Å². The molecule has 0 radical (unpaired) electrons. The molecule has 17 heavy (non-hydrogen) atoms. The normalized spacial score (nSPS) is 21.7. The van der Waals surface area contributed by atoms with E-state index < -0.39 is 0 Å². The molecule has 94 valence electrons. The van der Waals surface area contributed by atoms with Crippen LogP contribution in [0.3, 0.4) is 0 Å². The Labute approximate surface area is 114 Å². The van der Waals surface area contributed by atoms with Crippen LogP contribution >= 0.6 is 27.5 Å². The van der Waals surface area contributed by atoms with Crippen molar-refractivity contribution in [2.75, 3.05) is 25.0 Å². The Morgan fingerprint density at radius 1 is 1.53 bits per heavy atom. The van der Waals surface area contributed by atoms with Gasteiger partial charge in [-0.05, 0) is 18.2 Å². The van der Waals surface area contributed by atoms with Gasteiger partial charge in [-0.15, -0.1) is 0 Å². The molecule has 2 rings (SSSR count). The third-order valence-electron chi connectivity index (χ3n) is 2.80. The highest BCUT2D eigenvalue weighted by atomic mass is 79.9. The maximum Gasteiger partial charge on any atom is 0.127 e. The molecule has 1 saturated heterocycles. The van der Waals surface area contributed by atoms with Crippen LogP contribution in [0.2, 0.25) is 5.02 Å². The molecule has 1 aromatic rings. The van der Waals surface area contributed by atoms with E-state index in [1.807, 2.05) is 0 Å². The Balaban J connectivity index is 2.02. The van der Waals surface area contributed by atoms with Gasteiger partial charge in [-0.3, -0.25) is 4.90 Å². The molecule has 0 saturated carbocycles. The highest BCUT2D eigenvalue weighted by Gasteiger charge is 2.20. The van der Waals surface area contributed by atoms with Gasteiger partial charge in [0.25, 0.3) is 0 Å². The van der Waals surface area contributed by atoms with Gasteiger partial charge in [-0.25, -0.2) is 4.39 Å². The third-order valence-corrected chi connectivity index (χ3v) is 3.75. The first-order valence-electron chi connectivity index (χ1n) is 5.53. The minimum atomic E-state index is -0.198. The average molecular weight is 323 g/mol. The van der Waals surface area contributed by atoms with Crippen molar-refractivity contribution in [1.82, 2.24) is 4.90 Å². The first-order valence-corrected chi connectivity index (χ1v) is 7.03. The van der Waals surface area contributed by atoms with Crippen LogP contribution in [0.5, 0.6) is 0 Å². The van der Waals surface area contributed by atoms with Gasteiger partial charge >= 0.3 is 0 Å². The maximum absolute atomic E-state index is 13.6. The molecule has 1 atom stereocenters. The zero-order chi connectivity index (χ0) is 12.3. The molecule has 1 heterocycles. The Morgan fingerprint density at radius 2 is 2.35 bits per heavy atom. The summed E-state index contributed by atoms with van der Waals surface area (Å²) in [4.78, 5) is 2.18. The van der Waals surface area contributed by atoms with Gasteiger partial charge in [0.15, 0.2) is 0 Å². The highest BCUT2D eigenvalue weighted by molar-refractivity contribution is 9.09. The van der Waals surface area contributed by atoms with E-state index in [-0.39, 0.29) is 11.9 Å². The van der Waals surface area contributed by atoms with E-state index in [4.69, 9.17) is 16.3 Å². The van der Waals surface area contributed by atoms with Crippen molar-refractivity contribution in [2.24, 2.45) is 0 Å². The molecule has 0 spiro atoms. The molecule has 1 fully saturated rings. The monoisotopic (exact) mass is 321 g/mol. The highest BCUT2D eigenvalue weighted by Crippen LogP contribution is 2.18. The van der Waals surface area contributed by atoms with E-state index in [2.05, 4.69) is 20.8 Å². The van der Waals surface area contributed by atoms with Crippen LogP contribution in [0.25, 0.3) is 0 Å². The van der Waals surface area contributed by atoms with E-state index in [0.29, 0.717) is 23.7 Å². The maximum atomic E-state index is 13.6. The summed E-state index contributed by atoms with van der Waals surface area (Å²) in [6.45, 7) is 2.92. The number of rotatable bonds is 3. The summed E-state index contributed by atoms with van der Waals surface area (Å²) in [5.74, 6) is -0.198. The first-order chi connectivity index (χ1) is 8.19. The molecule has 2 nitrogen and oxygen atoms in total. The minimum Gasteiger partial charge on any atom is -0.375 e. The molecule has 1 aliphatic heterocycles. The lowest BCUT2D eigenvalue weighted by Crippen LogP contribution is -2.42. The van der Waals surface area contributed by atoms with E-state index in [1.54, 1.807) is 12.1 Å². The molecule has 1 unspecified atom stereocenters. The van der Waals surface area contributed by atoms with Crippen molar-refractivity contribution in [3.63, 3.8) is 0 Å². The molecule has 0 aliphatic carbocycles. The van der Waals surface area contributed by atoms with Gasteiger partial charge in [0.2, 0.25) is 0 Å². The third kappa shape index (κ3) is 3.65. The zero-order valence-corrected chi connectivity index (χ0v) is 11.7. The minimum absolute atomic E-state index is 0.186. The van der Waals surface area contributed by atoms with Gasteiger partial charge in [-0.2, -0.15) is 0 Å². The number of hydrogen-bond acceptors (Lipinski definition) is 2. The van der Waals surface area contributed by atoms with E-state index in [0.717, 1.165) is 18.4 Å². The van der Waals surface area contributed by atoms with Crippen molar-refractivity contribution in [2.45, 2.75) is 12.6 Å². The number of ether oxygens (including phenoxy) is 1. The van der Waals surface area contributed by atoms with E-state index in [9.17, 15) is 4.39 Å². The summed E-state index contributed by atoms with van der Waals surface area (Å²) in [6, 6.07) is 4.68. The second kappa shape index (κ2) is 6.14. The predicted octanol–water partition coefficient (Wildman–Crippen LogP) is 3.07. The van der Waals surface area contributed by atoms with Crippen LogP contribution in [-0.4, -0.2) is 36.0 Å². The average Bonchev–Trinajstić information content (AvgIpc) is 2.34. The molecular formula is C12H14BrClFNO. The fourth-order valence-corrected chi connectivity index (χ4v) is 2.51. The Morgan fingerprint density at radius 3 is 3.12 bits per heavy atom. The molecule has 5 heteroatoms. The number of alkyl halides is 1. The lowest BCUT2D eigenvalue weighted by Gasteiger charge is -2.32. The van der Waals surface area contributed by atoms with Gasteiger partial charge in [0.1, 0.15) is 5.82 Å². The molecule has 0 aromatic heterocycles. The first kappa shape index (κ1) is 13.3. The van der Waals surface area contributed by atoms with Crippen LogP contribution < -0.4 is 0 Å². The SMILES string of the molecule is Fc1ccc(Cl)cc1CN1CCOC(CBr)C1. The van der Waals surface area contributed by atoms with Crippen molar-refractivity contribution >= 4 is 27.5 Å². The molecule has 0 N–H and O–H groups in total. The summed E-state index contributed by atoms with van der Waals surface area (Å²) >= 11 is 9.28. The topological polar surface area (TPSA) is 12.5 Å². The summed E-state index contributed by atoms with van der Waals surface area (Å²) in [5, 5.41) is 1.38. The second-order valence-corrected chi connectivity index (χ2v) is 5.20. The summed E-state index contributed by atoms with van der Waals surface area (Å²) in [6.07, 6.45) is 0.186. The van der Waals surface area contributed by atoms with Crippen molar-refractivity contribution < 1.29 is 9.13 Å². The number of halogens is 3. The standard InChI is InChI=1S/C12H14BrClFNO/c13-6-11-8-16(3-4-17-11)7-9-5-10(14)1-2-12(9)15/h1-2,5,11H,3-4,6-8H2. The smallest absolute Gasteiger partial charge is 0.127 e. The molecule has 1 aromatic carbocycles. The molecule has 0 bridgehead atoms. The second-order valence-electron chi connectivity index (χ2n) is 4.12.